The summed E-state index contributed by atoms with van der Waals surface area (Å²) in [5.41, 5.74) is 0. The second-order valence-corrected chi connectivity index (χ2v) is 10.2. The quantitative estimate of drug-likeness (QED) is 0.396. The molecule has 2 amide bonds. The van der Waals surface area contributed by atoms with Crippen molar-refractivity contribution in [2.75, 3.05) is 44.2 Å². The molecule has 1 aromatic heterocycles. The van der Waals surface area contributed by atoms with Crippen LogP contribution in [-0.2, 0) is 9.59 Å². The number of carbonyl (C=O) groups excluding carboxylic acids is 2. The van der Waals surface area contributed by atoms with Crippen molar-refractivity contribution >= 4 is 39.3 Å². The first-order valence-corrected chi connectivity index (χ1v) is 12.3. The molecule has 7 heteroatoms. The lowest BCUT2D eigenvalue weighted by molar-refractivity contribution is -0.140. The lowest BCUT2D eigenvalue weighted by atomic mass is 9.85. The Balaban J connectivity index is 0.968. The zero-order valence-corrected chi connectivity index (χ0v) is 18.5. The van der Waals surface area contributed by atoms with E-state index in [0.717, 1.165) is 57.8 Å². The van der Waals surface area contributed by atoms with E-state index in [-0.39, 0.29) is 23.7 Å². The predicted octanol–water partition coefficient (Wildman–Crippen LogP) is 3.01. The van der Waals surface area contributed by atoms with Crippen molar-refractivity contribution in [3.05, 3.63) is 36.4 Å². The van der Waals surface area contributed by atoms with E-state index < -0.39 is 0 Å². The van der Waals surface area contributed by atoms with Gasteiger partial charge in [-0.25, -0.2) is 0 Å². The Hall–Kier alpha value is -2.25. The van der Waals surface area contributed by atoms with Gasteiger partial charge >= 0.3 is 0 Å². The van der Waals surface area contributed by atoms with Crippen LogP contribution in [0.5, 0.6) is 0 Å². The lowest BCUT2D eigenvalue weighted by Gasteiger charge is -2.35. The van der Waals surface area contributed by atoms with Crippen LogP contribution in [0.2, 0.25) is 0 Å². The third-order valence-corrected chi connectivity index (χ3v) is 8.51. The second kappa shape index (κ2) is 7.71. The molecule has 0 N–H and O–H groups in total. The van der Waals surface area contributed by atoms with Crippen molar-refractivity contribution < 1.29 is 9.59 Å². The molecular formula is C24H28N4O2S. The van der Waals surface area contributed by atoms with Crippen LogP contribution in [0.3, 0.4) is 0 Å². The molecule has 4 atom stereocenters. The number of amides is 2. The van der Waals surface area contributed by atoms with Crippen LogP contribution >= 0.6 is 11.5 Å². The summed E-state index contributed by atoms with van der Waals surface area (Å²) in [6.07, 6.45) is 7.25. The molecule has 3 fully saturated rings. The average Bonchev–Trinajstić information content (AvgIpc) is 3.56. The number of anilines is 1. The highest BCUT2D eigenvalue weighted by molar-refractivity contribution is 7.13. The van der Waals surface area contributed by atoms with Gasteiger partial charge in [0.25, 0.3) is 0 Å². The largest absolute Gasteiger partial charge is 0.353 e. The Bertz CT molecular complexity index is 1010. The maximum absolute atomic E-state index is 12.8. The summed E-state index contributed by atoms with van der Waals surface area (Å²) in [7, 11) is 0. The number of hydrogen-bond acceptors (Lipinski definition) is 6. The minimum absolute atomic E-state index is 0.0580. The average molecular weight is 437 g/mol. The number of carbonyl (C=O) groups is 2. The number of unbranched alkanes of at least 4 members (excludes halogenated alkanes) is 1. The molecule has 6 nitrogen and oxygen atoms in total. The summed E-state index contributed by atoms with van der Waals surface area (Å²) < 4.78 is 5.94. The summed E-state index contributed by atoms with van der Waals surface area (Å²) in [5, 5.41) is 1.26. The fourth-order valence-corrected chi connectivity index (χ4v) is 6.87. The number of aromatic nitrogens is 1. The normalized spacial score (nSPS) is 30.2. The van der Waals surface area contributed by atoms with Crippen LogP contribution in [0.1, 0.15) is 19.3 Å². The number of benzene rings is 1. The topological polar surface area (TPSA) is 56.8 Å². The van der Waals surface area contributed by atoms with Crippen LogP contribution in [-0.4, -0.2) is 65.3 Å². The van der Waals surface area contributed by atoms with Gasteiger partial charge in [-0.2, -0.15) is 4.37 Å². The zero-order valence-electron chi connectivity index (χ0n) is 17.7. The van der Waals surface area contributed by atoms with E-state index in [1.54, 1.807) is 16.4 Å². The summed E-state index contributed by atoms with van der Waals surface area (Å²) in [6, 6.07) is 8.45. The molecule has 0 spiro atoms. The third kappa shape index (κ3) is 3.21. The van der Waals surface area contributed by atoms with Crippen LogP contribution < -0.4 is 4.90 Å². The number of imide groups is 1. The van der Waals surface area contributed by atoms with Crippen molar-refractivity contribution in [2.45, 2.75) is 19.3 Å². The first kappa shape index (κ1) is 19.4. The number of hydrogen-bond donors (Lipinski definition) is 0. The molecule has 31 heavy (non-hydrogen) atoms. The predicted molar refractivity (Wildman–Crippen MR) is 122 cm³/mol. The fourth-order valence-electron chi connectivity index (χ4n) is 6.07. The number of allylic oxidation sites excluding steroid dienone is 2. The van der Waals surface area contributed by atoms with E-state index in [1.807, 2.05) is 0 Å². The Kier molecular flexibility index (Phi) is 4.83. The van der Waals surface area contributed by atoms with E-state index >= 15 is 0 Å². The lowest BCUT2D eigenvalue weighted by Crippen LogP contribution is -2.46. The van der Waals surface area contributed by atoms with E-state index in [9.17, 15) is 9.59 Å². The van der Waals surface area contributed by atoms with Gasteiger partial charge in [0, 0.05) is 38.1 Å². The molecule has 4 aliphatic rings. The Labute approximate surface area is 186 Å². The van der Waals surface area contributed by atoms with E-state index in [4.69, 9.17) is 4.37 Å². The van der Waals surface area contributed by atoms with Gasteiger partial charge in [-0.3, -0.25) is 19.4 Å². The van der Waals surface area contributed by atoms with Crippen LogP contribution in [0.25, 0.3) is 10.1 Å². The number of fused-ring (bicyclic) bond motifs is 6. The monoisotopic (exact) mass is 436 g/mol. The van der Waals surface area contributed by atoms with Gasteiger partial charge in [-0.05, 0) is 61.3 Å². The van der Waals surface area contributed by atoms with Gasteiger partial charge in [-0.1, -0.05) is 24.3 Å². The highest BCUT2D eigenvalue weighted by atomic mass is 32.1. The molecule has 2 aromatic rings. The zero-order chi connectivity index (χ0) is 20.9. The van der Waals surface area contributed by atoms with Crippen molar-refractivity contribution in [3.63, 3.8) is 0 Å². The Morgan fingerprint density at radius 3 is 2.32 bits per heavy atom. The smallest absolute Gasteiger partial charge is 0.233 e. The number of nitrogens with zero attached hydrogens (tertiary/aromatic N) is 4. The second-order valence-electron chi connectivity index (χ2n) is 9.37. The van der Waals surface area contributed by atoms with Crippen molar-refractivity contribution in [1.29, 1.82) is 0 Å². The molecule has 0 unspecified atom stereocenters. The first-order chi connectivity index (χ1) is 15.2. The highest BCUT2D eigenvalue weighted by Crippen LogP contribution is 2.52. The van der Waals surface area contributed by atoms with Gasteiger partial charge in [0.2, 0.25) is 11.8 Å². The van der Waals surface area contributed by atoms with E-state index in [1.165, 1.54) is 10.1 Å². The molecule has 0 radical (unpaired) electrons. The molecule has 1 saturated carbocycles. The molecular weight excluding hydrogens is 408 g/mol. The van der Waals surface area contributed by atoms with Gasteiger partial charge in [0.1, 0.15) is 5.82 Å². The summed E-state index contributed by atoms with van der Waals surface area (Å²) >= 11 is 1.58. The molecule has 2 saturated heterocycles. The number of piperazine rings is 1. The maximum atomic E-state index is 12.8. The molecule has 3 heterocycles. The van der Waals surface area contributed by atoms with Crippen LogP contribution in [0, 0.1) is 23.7 Å². The Morgan fingerprint density at radius 2 is 1.58 bits per heavy atom. The van der Waals surface area contributed by atoms with Gasteiger partial charge in [0.05, 0.1) is 16.5 Å². The van der Waals surface area contributed by atoms with Gasteiger partial charge in [0.15, 0.2) is 0 Å². The molecule has 6 rings (SSSR count). The standard InChI is InChI=1S/C24H28N4O2S/c29-23-20-16-7-8-17(15-16)21(20)24(30)28(23)10-4-3-9-26-11-13-27(14-12-26)22-18-5-1-2-6-19(18)31-25-22/h1-2,5-8,16-17,20-21H,3-4,9-15H2/t16-,17+,20-,21+. The molecule has 2 bridgehead atoms. The van der Waals surface area contributed by atoms with Gasteiger partial charge in [-0.15, -0.1) is 0 Å². The summed E-state index contributed by atoms with van der Waals surface area (Å²) in [4.78, 5) is 32.0. The number of likely N-dealkylation sites (tertiary alicyclic amines) is 1. The molecule has 2 aliphatic heterocycles. The van der Waals surface area contributed by atoms with Crippen LogP contribution in [0.15, 0.2) is 36.4 Å². The maximum Gasteiger partial charge on any atom is 0.233 e. The minimum Gasteiger partial charge on any atom is -0.353 e. The fraction of sp³-hybridized carbons (Fsp3) is 0.542. The van der Waals surface area contributed by atoms with Crippen molar-refractivity contribution in [3.8, 4) is 0 Å². The van der Waals surface area contributed by atoms with Crippen molar-refractivity contribution in [2.24, 2.45) is 23.7 Å². The van der Waals surface area contributed by atoms with E-state index in [2.05, 4.69) is 46.2 Å². The van der Waals surface area contributed by atoms with Crippen molar-refractivity contribution in [1.82, 2.24) is 14.2 Å². The highest BCUT2D eigenvalue weighted by Gasteiger charge is 2.58. The first-order valence-electron chi connectivity index (χ1n) is 11.6. The van der Waals surface area contributed by atoms with Crippen LogP contribution in [0.4, 0.5) is 5.82 Å². The number of rotatable bonds is 6. The molecule has 1 aromatic carbocycles. The Morgan fingerprint density at radius 1 is 0.903 bits per heavy atom. The minimum atomic E-state index is -0.0580. The summed E-state index contributed by atoms with van der Waals surface area (Å²) in [6.45, 7) is 5.68. The third-order valence-electron chi connectivity index (χ3n) is 7.70. The molecule has 162 valence electrons. The van der Waals surface area contributed by atoms with Gasteiger partial charge < -0.3 is 4.90 Å². The van der Waals surface area contributed by atoms with E-state index in [0.29, 0.717) is 18.4 Å². The summed E-state index contributed by atoms with van der Waals surface area (Å²) in [5.74, 6) is 1.81. The molecule has 2 aliphatic carbocycles. The SMILES string of the molecule is O=C1[C@@H]2[C@H](C(=O)N1CCCCN1CCN(c3nsc4ccccc34)CC1)[C@@H]1C=C[C@H]2C1.